The van der Waals surface area contributed by atoms with Crippen molar-refractivity contribution in [1.29, 1.82) is 0 Å². The first-order valence-electron chi connectivity index (χ1n) is 5.50. The lowest BCUT2D eigenvalue weighted by Gasteiger charge is -1.96. The molecule has 0 aliphatic heterocycles. The minimum absolute atomic E-state index is 0.0187. The van der Waals surface area contributed by atoms with Crippen LogP contribution in [0.3, 0.4) is 0 Å². The van der Waals surface area contributed by atoms with Gasteiger partial charge >= 0.3 is 5.97 Å². The number of carboxylic acids is 1. The molecule has 6 nitrogen and oxygen atoms in total. The molecule has 0 bridgehead atoms. The Kier molecular flexibility index (Phi) is 2.34. The number of aromatic amines is 1. The Hall–Kier alpha value is -2.70. The third-order valence-corrected chi connectivity index (χ3v) is 2.76. The van der Waals surface area contributed by atoms with Crippen molar-refractivity contribution in [3.8, 4) is 11.4 Å². The zero-order valence-corrected chi connectivity index (χ0v) is 9.88. The lowest BCUT2D eigenvalue weighted by molar-refractivity contribution is 0.0687. The van der Waals surface area contributed by atoms with Gasteiger partial charge in [0.05, 0.1) is 5.69 Å². The molecule has 0 fully saturated rings. The number of fused-ring (bicyclic) bond motifs is 1. The fraction of sp³-hybridized carbons (Fsp3) is 0.0833. The number of benzene rings is 1. The van der Waals surface area contributed by atoms with Gasteiger partial charge in [0.25, 0.3) is 5.78 Å². The first-order chi connectivity index (χ1) is 9.06. The van der Waals surface area contributed by atoms with Crippen molar-refractivity contribution < 1.29 is 14.3 Å². The molecule has 0 saturated heterocycles. The number of hydrogen-bond donors (Lipinski definition) is 2. The van der Waals surface area contributed by atoms with Crippen LogP contribution in [0.5, 0.6) is 0 Å². The van der Waals surface area contributed by atoms with Crippen LogP contribution in [0, 0.1) is 12.7 Å². The topological polar surface area (TPSA) is 83.3 Å². The van der Waals surface area contributed by atoms with Gasteiger partial charge in [0.15, 0.2) is 11.5 Å². The SMILES string of the molecule is Cc1nc2nc(-c3cccc(F)c3)[nH]n2c1C(=O)O. The Labute approximate surface area is 106 Å². The zero-order valence-electron chi connectivity index (χ0n) is 9.88. The average Bonchev–Trinajstić information content (AvgIpc) is 2.84. The van der Waals surface area contributed by atoms with Crippen molar-refractivity contribution in [2.75, 3.05) is 0 Å². The van der Waals surface area contributed by atoms with E-state index in [9.17, 15) is 9.18 Å². The molecule has 0 spiro atoms. The number of carbonyl (C=O) groups is 1. The first kappa shape index (κ1) is 11.4. The van der Waals surface area contributed by atoms with E-state index in [-0.39, 0.29) is 17.3 Å². The van der Waals surface area contributed by atoms with Crippen molar-refractivity contribution in [1.82, 2.24) is 19.6 Å². The number of nitrogens with one attached hydrogen (secondary N) is 1. The minimum Gasteiger partial charge on any atom is -0.476 e. The van der Waals surface area contributed by atoms with Crippen LogP contribution in [-0.4, -0.2) is 30.7 Å². The maximum Gasteiger partial charge on any atom is 0.356 e. The minimum atomic E-state index is -1.10. The molecule has 0 saturated carbocycles. The smallest absolute Gasteiger partial charge is 0.356 e. The number of rotatable bonds is 2. The summed E-state index contributed by atoms with van der Waals surface area (Å²) in [5.74, 6) is -0.876. The molecule has 2 heterocycles. The predicted octanol–water partition coefficient (Wildman–Crippen LogP) is 1.87. The molecule has 0 aliphatic rings. The number of halogens is 1. The summed E-state index contributed by atoms with van der Waals surface area (Å²) in [5.41, 5.74) is 0.918. The third kappa shape index (κ3) is 1.75. The molecule has 3 rings (SSSR count). The highest BCUT2D eigenvalue weighted by molar-refractivity contribution is 5.88. The number of aryl methyl sites for hydroxylation is 1. The molecule has 3 aromatic rings. The Morgan fingerprint density at radius 1 is 1.42 bits per heavy atom. The maximum atomic E-state index is 13.1. The van der Waals surface area contributed by atoms with Crippen molar-refractivity contribution in [2.45, 2.75) is 6.92 Å². The van der Waals surface area contributed by atoms with Gasteiger partial charge in [-0.2, -0.15) is 4.98 Å². The molecular weight excluding hydrogens is 251 g/mol. The molecule has 1 aromatic carbocycles. The van der Waals surface area contributed by atoms with Crippen molar-refractivity contribution in [3.05, 3.63) is 41.5 Å². The number of aromatic nitrogens is 4. The summed E-state index contributed by atoms with van der Waals surface area (Å²) in [4.78, 5) is 19.3. The summed E-state index contributed by atoms with van der Waals surface area (Å²) in [6.07, 6.45) is 0. The van der Waals surface area contributed by atoms with E-state index in [1.807, 2.05) is 0 Å². The van der Waals surface area contributed by atoms with E-state index in [0.717, 1.165) is 0 Å². The van der Waals surface area contributed by atoms with E-state index in [0.29, 0.717) is 17.1 Å². The molecular formula is C12H9FN4O2. The molecule has 0 radical (unpaired) electrons. The summed E-state index contributed by atoms with van der Waals surface area (Å²) in [6.45, 7) is 1.59. The number of carboxylic acid groups (broad SMARTS) is 1. The van der Waals surface area contributed by atoms with Gasteiger partial charge in [-0.15, -0.1) is 0 Å². The van der Waals surface area contributed by atoms with Crippen LogP contribution in [-0.2, 0) is 0 Å². The number of hydrogen-bond acceptors (Lipinski definition) is 3. The van der Waals surface area contributed by atoms with Gasteiger partial charge in [-0.05, 0) is 19.1 Å². The zero-order chi connectivity index (χ0) is 13.6. The van der Waals surface area contributed by atoms with Gasteiger partial charge in [0.1, 0.15) is 5.82 Å². The van der Waals surface area contributed by atoms with E-state index in [4.69, 9.17) is 5.11 Å². The Morgan fingerprint density at radius 2 is 2.21 bits per heavy atom. The summed E-state index contributed by atoms with van der Waals surface area (Å²) in [5, 5.41) is 11.9. The van der Waals surface area contributed by atoms with Crippen LogP contribution in [0.25, 0.3) is 17.2 Å². The summed E-state index contributed by atoms with van der Waals surface area (Å²) in [7, 11) is 0. The number of aromatic carboxylic acids is 1. The second-order valence-electron chi connectivity index (χ2n) is 4.07. The summed E-state index contributed by atoms with van der Waals surface area (Å²) < 4.78 is 14.4. The third-order valence-electron chi connectivity index (χ3n) is 2.76. The molecule has 2 N–H and O–H groups in total. The molecule has 0 atom stereocenters. The summed E-state index contributed by atoms with van der Waals surface area (Å²) in [6, 6.07) is 5.86. The highest BCUT2D eigenvalue weighted by Crippen LogP contribution is 2.19. The monoisotopic (exact) mass is 260 g/mol. The number of imidazole rings is 1. The predicted molar refractivity (Wildman–Crippen MR) is 64.4 cm³/mol. The molecule has 96 valence electrons. The second kappa shape index (κ2) is 3.91. The van der Waals surface area contributed by atoms with Crippen LogP contribution in [0.2, 0.25) is 0 Å². The van der Waals surface area contributed by atoms with Gasteiger partial charge in [0, 0.05) is 5.56 Å². The van der Waals surface area contributed by atoms with Crippen molar-refractivity contribution >= 4 is 11.7 Å². The van der Waals surface area contributed by atoms with Crippen molar-refractivity contribution in [2.24, 2.45) is 0 Å². The van der Waals surface area contributed by atoms with Crippen LogP contribution in [0.15, 0.2) is 24.3 Å². The average molecular weight is 260 g/mol. The van der Waals surface area contributed by atoms with Gasteiger partial charge < -0.3 is 5.11 Å². The van der Waals surface area contributed by atoms with Gasteiger partial charge in [-0.1, -0.05) is 12.1 Å². The second-order valence-corrected chi connectivity index (χ2v) is 4.07. The van der Waals surface area contributed by atoms with Crippen LogP contribution in [0.4, 0.5) is 4.39 Å². The number of nitrogens with zero attached hydrogens (tertiary/aromatic N) is 3. The molecule has 0 amide bonds. The molecule has 7 heteroatoms. The first-order valence-corrected chi connectivity index (χ1v) is 5.50. The molecule has 0 aliphatic carbocycles. The lowest BCUT2D eigenvalue weighted by Crippen LogP contribution is -2.04. The highest BCUT2D eigenvalue weighted by atomic mass is 19.1. The van der Waals surface area contributed by atoms with E-state index in [2.05, 4.69) is 15.1 Å². The Morgan fingerprint density at radius 3 is 2.89 bits per heavy atom. The van der Waals surface area contributed by atoms with E-state index in [1.165, 1.54) is 16.6 Å². The Bertz CT molecular complexity index is 790. The summed E-state index contributed by atoms with van der Waals surface area (Å²) >= 11 is 0. The van der Waals surface area contributed by atoms with Gasteiger partial charge in [0.2, 0.25) is 0 Å². The van der Waals surface area contributed by atoms with Crippen LogP contribution in [0.1, 0.15) is 16.2 Å². The normalized spacial score (nSPS) is 11.1. The van der Waals surface area contributed by atoms with Gasteiger partial charge in [-0.25, -0.2) is 18.7 Å². The van der Waals surface area contributed by atoms with Crippen LogP contribution < -0.4 is 0 Å². The quantitative estimate of drug-likeness (QED) is 0.736. The van der Waals surface area contributed by atoms with Gasteiger partial charge in [-0.3, -0.25) is 5.10 Å². The number of H-pyrrole nitrogens is 1. The molecule has 2 aromatic heterocycles. The van der Waals surface area contributed by atoms with Crippen molar-refractivity contribution in [3.63, 3.8) is 0 Å². The van der Waals surface area contributed by atoms with E-state index < -0.39 is 5.97 Å². The van der Waals surface area contributed by atoms with E-state index in [1.54, 1.807) is 19.1 Å². The largest absolute Gasteiger partial charge is 0.476 e. The lowest BCUT2D eigenvalue weighted by atomic mass is 10.2. The highest BCUT2D eigenvalue weighted by Gasteiger charge is 2.19. The van der Waals surface area contributed by atoms with Crippen LogP contribution >= 0.6 is 0 Å². The molecule has 0 unspecified atom stereocenters. The molecule has 19 heavy (non-hydrogen) atoms. The fourth-order valence-corrected chi connectivity index (χ4v) is 1.94. The van der Waals surface area contributed by atoms with E-state index >= 15 is 0 Å². The standard InChI is InChI=1S/C12H9FN4O2/c1-6-9(11(18)19)17-12(14-6)15-10(16-17)7-3-2-4-8(13)5-7/h2-5H,1H3,(H,18,19)(H,14,15,16). The Balaban J connectivity index is 2.20. The fourth-order valence-electron chi connectivity index (χ4n) is 1.94. The maximum absolute atomic E-state index is 13.1.